The van der Waals surface area contributed by atoms with Crippen LogP contribution in [-0.4, -0.2) is 21.5 Å². The highest BCUT2D eigenvalue weighted by Gasteiger charge is 2.15. The molecule has 2 heterocycles. The zero-order valence-electron chi connectivity index (χ0n) is 13.2. The van der Waals surface area contributed by atoms with E-state index in [2.05, 4.69) is 10.3 Å². The van der Waals surface area contributed by atoms with E-state index >= 15 is 0 Å². The third kappa shape index (κ3) is 3.64. The summed E-state index contributed by atoms with van der Waals surface area (Å²) in [5.74, 6) is -0.252. The lowest BCUT2D eigenvalue weighted by molar-refractivity contribution is -0.117. The van der Waals surface area contributed by atoms with E-state index in [-0.39, 0.29) is 11.6 Å². The molecule has 7 heteroatoms. The molecule has 124 valence electrons. The van der Waals surface area contributed by atoms with Crippen molar-refractivity contribution in [1.29, 1.82) is 0 Å². The first-order chi connectivity index (χ1) is 11.5. The number of hydrogen-bond acceptors (Lipinski definition) is 4. The van der Waals surface area contributed by atoms with Crippen LogP contribution < -0.4 is 16.7 Å². The van der Waals surface area contributed by atoms with Crippen molar-refractivity contribution in [3.63, 3.8) is 0 Å². The van der Waals surface area contributed by atoms with Crippen molar-refractivity contribution in [2.24, 2.45) is 5.73 Å². The highest BCUT2D eigenvalue weighted by molar-refractivity contribution is 7.09. The summed E-state index contributed by atoms with van der Waals surface area (Å²) in [4.78, 5) is 27.9. The highest BCUT2D eigenvalue weighted by atomic mass is 32.1. The smallest absolute Gasteiger partial charge is 0.325 e. The fourth-order valence-corrected chi connectivity index (χ4v) is 3.18. The number of thiophene rings is 1. The summed E-state index contributed by atoms with van der Waals surface area (Å²) in [5.41, 5.74) is 7.80. The molecule has 0 aliphatic rings. The van der Waals surface area contributed by atoms with Crippen LogP contribution in [0.4, 0.5) is 5.69 Å². The average Bonchev–Trinajstić information content (AvgIpc) is 3.17. The lowest BCUT2D eigenvalue weighted by Gasteiger charge is -2.12. The third-order valence-electron chi connectivity index (χ3n) is 3.58. The number of aromatic nitrogens is 2. The molecule has 6 nitrogen and oxygen atoms in total. The second-order valence-electron chi connectivity index (χ2n) is 5.54. The van der Waals surface area contributed by atoms with Gasteiger partial charge in [0.25, 0.3) is 0 Å². The highest BCUT2D eigenvalue weighted by Crippen LogP contribution is 2.15. The predicted octanol–water partition coefficient (Wildman–Crippen LogP) is 2.04. The van der Waals surface area contributed by atoms with Crippen molar-refractivity contribution >= 4 is 22.9 Å². The predicted molar refractivity (Wildman–Crippen MR) is 95.8 cm³/mol. The summed E-state index contributed by atoms with van der Waals surface area (Å²) in [6, 6.07) is 10.4. The summed E-state index contributed by atoms with van der Waals surface area (Å²) in [6.45, 7) is 1.81. The number of imidazole rings is 1. The Morgan fingerprint density at radius 3 is 2.88 bits per heavy atom. The van der Waals surface area contributed by atoms with E-state index in [1.165, 1.54) is 4.57 Å². The van der Waals surface area contributed by atoms with Crippen LogP contribution in [0.2, 0.25) is 0 Å². The van der Waals surface area contributed by atoms with Gasteiger partial charge in [-0.25, -0.2) is 4.79 Å². The number of rotatable bonds is 5. The zero-order valence-corrected chi connectivity index (χ0v) is 14.0. The van der Waals surface area contributed by atoms with Crippen LogP contribution in [0.3, 0.4) is 0 Å². The number of carbonyl (C=O) groups excluding carboxylic acids is 1. The lowest BCUT2D eigenvalue weighted by atomic mass is 10.1. The molecule has 0 saturated heterocycles. The maximum Gasteiger partial charge on any atom is 0.330 e. The summed E-state index contributed by atoms with van der Waals surface area (Å²) in [6.07, 6.45) is 2.21. The van der Waals surface area contributed by atoms with Gasteiger partial charge >= 0.3 is 5.69 Å². The Hall–Kier alpha value is -2.64. The number of aryl methyl sites for hydroxylation is 1. The average molecular weight is 342 g/mol. The molecule has 0 bridgehead atoms. The standard InChI is InChI=1S/C17H18N4O2S/c1-11-10-21(17(23)19-11)13-5-2-4-12(8-13)20-16(22)15(18)9-14-6-3-7-24-14/h2-8,10,15H,9,18H2,1H3,(H,19,23)(H,20,22). The summed E-state index contributed by atoms with van der Waals surface area (Å²) in [7, 11) is 0. The molecule has 24 heavy (non-hydrogen) atoms. The van der Waals surface area contributed by atoms with Gasteiger partial charge in [0.1, 0.15) is 0 Å². The second-order valence-corrected chi connectivity index (χ2v) is 6.57. The Bertz CT molecular complexity index is 895. The fraction of sp³-hybridized carbons (Fsp3) is 0.176. The van der Waals surface area contributed by atoms with Crippen molar-refractivity contribution in [3.05, 3.63) is 69.0 Å². The fourth-order valence-electron chi connectivity index (χ4n) is 2.41. The van der Waals surface area contributed by atoms with E-state index < -0.39 is 6.04 Å². The maximum atomic E-state index is 12.3. The van der Waals surface area contributed by atoms with Gasteiger partial charge in [-0.2, -0.15) is 0 Å². The van der Waals surface area contributed by atoms with Gasteiger partial charge in [0.05, 0.1) is 11.7 Å². The first-order valence-electron chi connectivity index (χ1n) is 7.50. The molecule has 0 saturated carbocycles. The van der Waals surface area contributed by atoms with Crippen LogP contribution in [0, 0.1) is 6.92 Å². The van der Waals surface area contributed by atoms with Crippen molar-refractivity contribution in [3.8, 4) is 5.69 Å². The molecule has 0 fully saturated rings. The molecule has 1 aromatic carbocycles. The number of aromatic amines is 1. The Morgan fingerprint density at radius 1 is 1.38 bits per heavy atom. The van der Waals surface area contributed by atoms with E-state index in [0.717, 1.165) is 10.6 Å². The Morgan fingerprint density at radius 2 is 2.21 bits per heavy atom. The van der Waals surface area contributed by atoms with Gasteiger partial charge in [-0.15, -0.1) is 11.3 Å². The van der Waals surface area contributed by atoms with Gasteiger partial charge in [-0.05, 0) is 36.6 Å². The zero-order chi connectivity index (χ0) is 17.1. The van der Waals surface area contributed by atoms with E-state index in [4.69, 9.17) is 5.73 Å². The molecule has 0 aliphatic carbocycles. The maximum absolute atomic E-state index is 12.3. The van der Waals surface area contributed by atoms with Crippen LogP contribution in [0.5, 0.6) is 0 Å². The van der Waals surface area contributed by atoms with Crippen LogP contribution in [0.1, 0.15) is 10.6 Å². The minimum atomic E-state index is -0.621. The van der Waals surface area contributed by atoms with E-state index in [9.17, 15) is 9.59 Å². The van der Waals surface area contributed by atoms with Gasteiger partial charge in [0.2, 0.25) is 5.91 Å². The molecule has 0 radical (unpaired) electrons. The second kappa shape index (κ2) is 6.86. The van der Waals surface area contributed by atoms with E-state index in [0.29, 0.717) is 17.8 Å². The van der Waals surface area contributed by atoms with Gasteiger partial charge in [0, 0.05) is 28.9 Å². The van der Waals surface area contributed by atoms with Crippen molar-refractivity contribution in [2.45, 2.75) is 19.4 Å². The number of nitrogens with zero attached hydrogens (tertiary/aromatic N) is 1. The van der Waals surface area contributed by atoms with Crippen LogP contribution in [-0.2, 0) is 11.2 Å². The summed E-state index contributed by atoms with van der Waals surface area (Å²) >= 11 is 1.58. The molecular formula is C17H18N4O2S. The number of carbonyl (C=O) groups is 1. The third-order valence-corrected chi connectivity index (χ3v) is 4.47. The number of nitrogens with one attached hydrogen (secondary N) is 2. The largest absolute Gasteiger partial charge is 0.330 e. The Balaban J connectivity index is 1.73. The Kier molecular flexibility index (Phi) is 4.64. The van der Waals surface area contributed by atoms with Gasteiger partial charge in [0.15, 0.2) is 0 Å². The quantitative estimate of drug-likeness (QED) is 0.662. The molecular weight excluding hydrogens is 324 g/mol. The SMILES string of the molecule is Cc1cn(-c2cccc(NC(=O)C(N)Cc3cccs3)c2)c(=O)[nH]1. The van der Waals surface area contributed by atoms with E-state index in [1.54, 1.807) is 41.8 Å². The molecule has 0 aliphatic heterocycles. The monoisotopic (exact) mass is 342 g/mol. The molecule has 1 atom stereocenters. The minimum absolute atomic E-state index is 0.217. The lowest BCUT2D eigenvalue weighted by Crippen LogP contribution is -2.37. The first kappa shape index (κ1) is 16.2. The van der Waals surface area contributed by atoms with Crippen LogP contribution >= 0.6 is 11.3 Å². The molecule has 2 aromatic heterocycles. The number of H-pyrrole nitrogens is 1. The molecule has 1 amide bonds. The van der Waals surface area contributed by atoms with Gasteiger partial charge < -0.3 is 16.0 Å². The van der Waals surface area contributed by atoms with Gasteiger partial charge in [-0.1, -0.05) is 12.1 Å². The van der Waals surface area contributed by atoms with E-state index in [1.807, 2.05) is 24.4 Å². The van der Waals surface area contributed by atoms with Crippen molar-refractivity contribution in [2.75, 3.05) is 5.32 Å². The van der Waals surface area contributed by atoms with Crippen molar-refractivity contribution in [1.82, 2.24) is 9.55 Å². The number of benzene rings is 1. The summed E-state index contributed by atoms with van der Waals surface area (Å²) < 4.78 is 1.50. The number of anilines is 1. The van der Waals surface area contributed by atoms with Crippen LogP contribution in [0.25, 0.3) is 5.69 Å². The molecule has 1 unspecified atom stereocenters. The topological polar surface area (TPSA) is 92.9 Å². The number of amides is 1. The van der Waals surface area contributed by atoms with Crippen molar-refractivity contribution < 1.29 is 4.79 Å². The molecule has 3 aromatic rings. The molecule has 3 rings (SSSR count). The Labute approximate surface area is 142 Å². The molecule has 4 N–H and O–H groups in total. The minimum Gasteiger partial charge on any atom is -0.325 e. The normalized spacial score (nSPS) is 12.1. The summed E-state index contributed by atoms with van der Waals surface area (Å²) in [5, 5.41) is 4.76. The number of nitrogens with two attached hydrogens (primary N) is 1. The number of hydrogen-bond donors (Lipinski definition) is 3. The van der Waals surface area contributed by atoms with Crippen LogP contribution in [0.15, 0.2) is 52.8 Å². The van der Waals surface area contributed by atoms with Gasteiger partial charge in [-0.3, -0.25) is 9.36 Å². The first-order valence-corrected chi connectivity index (χ1v) is 8.38. The molecule has 0 spiro atoms.